The highest BCUT2D eigenvalue weighted by Crippen LogP contribution is 2.40. The summed E-state index contributed by atoms with van der Waals surface area (Å²) in [4.78, 5) is 28.1. The molecule has 1 saturated heterocycles. The molecule has 10 heteroatoms. The molecule has 7 nitrogen and oxygen atoms in total. The Morgan fingerprint density at radius 2 is 1.93 bits per heavy atom. The lowest BCUT2D eigenvalue weighted by atomic mass is 9.95. The van der Waals surface area contributed by atoms with E-state index < -0.39 is 22.4 Å². The Kier molecular flexibility index (Phi) is 5.71. The number of non-ortho nitro benzene ring substituents is 1. The van der Waals surface area contributed by atoms with E-state index in [0.717, 1.165) is 17.8 Å². The van der Waals surface area contributed by atoms with Crippen LogP contribution < -0.4 is 10.2 Å². The number of carbonyl (C=O) groups is 1. The van der Waals surface area contributed by atoms with Crippen molar-refractivity contribution in [2.75, 3.05) is 23.3 Å². The zero-order valence-electron chi connectivity index (χ0n) is 15.6. The van der Waals surface area contributed by atoms with Gasteiger partial charge in [-0.1, -0.05) is 6.07 Å². The predicted molar refractivity (Wildman–Crippen MR) is 101 cm³/mol. The number of aryl methyl sites for hydroxylation is 1. The Hall–Kier alpha value is -3.17. The van der Waals surface area contributed by atoms with Gasteiger partial charge in [0.2, 0.25) is 5.91 Å². The maximum Gasteiger partial charge on any atom is 0.418 e. The molecule has 0 radical (unpaired) electrons. The lowest BCUT2D eigenvalue weighted by molar-refractivity contribution is -0.385. The van der Waals surface area contributed by atoms with Crippen LogP contribution in [-0.4, -0.2) is 28.9 Å². The third-order valence-electron chi connectivity index (χ3n) is 4.84. The van der Waals surface area contributed by atoms with Gasteiger partial charge in [0.05, 0.1) is 10.5 Å². The fourth-order valence-corrected chi connectivity index (χ4v) is 3.36. The number of anilines is 2. The zero-order valence-corrected chi connectivity index (χ0v) is 15.6. The molecule has 2 heterocycles. The van der Waals surface area contributed by atoms with Crippen LogP contribution in [0.5, 0.6) is 0 Å². The molecular weight excluding hydrogens is 389 g/mol. The van der Waals surface area contributed by atoms with Crippen LogP contribution in [0, 0.1) is 23.0 Å². The summed E-state index contributed by atoms with van der Waals surface area (Å²) in [6, 6.07) is 7.99. The maximum atomic E-state index is 13.4. The van der Waals surface area contributed by atoms with Crippen molar-refractivity contribution in [1.82, 2.24) is 4.98 Å². The Labute approximate surface area is 164 Å². The molecule has 154 valence electrons. The van der Waals surface area contributed by atoms with Crippen LogP contribution in [0.2, 0.25) is 0 Å². The van der Waals surface area contributed by atoms with Crippen molar-refractivity contribution >= 4 is 23.1 Å². The molecule has 1 N–H and O–H groups in total. The van der Waals surface area contributed by atoms with Gasteiger partial charge in [0.25, 0.3) is 5.69 Å². The van der Waals surface area contributed by atoms with Crippen LogP contribution in [0.15, 0.2) is 36.4 Å². The van der Waals surface area contributed by atoms with Crippen LogP contribution in [0.1, 0.15) is 24.1 Å². The number of hydrogen-bond acceptors (Lipinski definition) is 5. The minimum atomic E-state index is -4.72. The molecule has 2 aromatic rings. The first kappa shape index (κ1) is 20.6. The van der Waals surface area contributed by atoms with Crippen molar-refractivity contribution in [2.24, 2.45) is 5.92 Å². The fraction of sp³-hybridized carbons (Fsp3) is 0.368. The summed E-state index contributed by atoms with van der Waals surface area (Å²) in [5, 5.41) is 13.6. The van der Waals surface area contributed by atoms with Gasteiger partial charge in [0, 0.05) is 42.5 Å². The lowest BCUT2D eigenvalue weighted by Crippen LogP contribution is -2.39. The van der Waals surface area contributed by atoms with E-state index in [9.17, 15) is 28.1 Å². The summed E-state index contributed by atoms with van der Waals surface area (Å²) in [6.45, 7) is 2.27. The van der Waals surface area contributed by atoms with Gasteiger partial charge in [-0.2, -0.15) is 13.2 Å². The van der Waals surface area contributed by atoms with Gasteiger partial charge in [-0.05, 0) is 38.0 Å². The molecule has 1 aromatic heterocycles. The van der Waals surface area contributed by atoms with E-state index in [0.29, 0.717) is 24.7 Å². The molecule has 0 unspecified atom stereocenters. The van der Waals surface area contributed by atoms with E-state index in [1.165, 1.54) is 4.90 Å². The van der Waals surface area contributed by atoms with Gasteiger partial charge in [-0.15, -0.1) is 0 Å². The lowest BCUT2D eigenvalue weighted by Gasteiger charge is -2.34. The molecule has 3 rings (SSSR count). The van der Waals surface area contributed by atoms with E-state index >= 15 is 0 Å². The van der Waals surface area contributed by atoms with Gasteiger partial charge in [-0.25, -0.2) is 4.98 Å². The Morgan fingerprint density at radius 1 is 1.24 bits per heavy atom. The minimum absolute atomic E-state index is 0.109. The average Bonchev–Trinajstić information content (AvgIpc) is 2.67. The van der Waals surface area contributed by atoms with Crippen LogP contribution in [0.4, 0.5) is 30.4 Å². The molecule has 1 aliphatic heterocycles. The molecule has 0 atom stereocenters. The number of piperidine rings is 1. The highest BCUT2D eigenvalue weighted by atomic mass is 19.4. The maximum absolute atomic E-state index is 13.4. The van der Waals surface area contributed by atoms with Crippen LogP contribution in [-0.2, 0) is 11.0 Å². The first-order valence-corrected chi connectivity index (χ1v) is 9.00. The second-order valence-corrected chi connectivity index (χ2v) is 6.87. The molecule has 1 aliphatic rings. The molecule has 1 fully saturated rings. The molecule has 1 aromatic carbocycles. The summed E-state index contributed by atoms with van der Waals surface area (Å²) in [5.41, 5.74) is -1.00. The molecule has 0 saturated carbocycles. The van der Waals surface area contributed by atoms with E-state index in [2.05, 4.69) is 10.3 Å². The summed E-state index contributed by atoms with van der Waals surface area (Å²) >= 11 is 0. The molecular formula is C19H19F3N4O3. The predicted octanol–water partition coefficient (Wildman–Crippen LogP) is 4.17. The second kappa shape index (κ2) is 8.06. The van der Waals surface area contributed by atoms with Crippen LogP contribution in [0.3, 0.4) is 0 Å². The van der Waals surface area contributed by atoms with E-state index in [1.807, 2.05) is 0 Å². The minimum Gasteiger partial charge on any atom is -0.371 e. The Bertz CT molecular complexity index is 925. The molecule has 29 heavy (non-hydrogen) atoms. The number of pyridine rings is 1. The average molecular weight is 408 g/mol. The third-order valence-corrected chi connectivity index (χ3v) is 4.84. The Morgan fingerprint density at radius 3 is 2.52 bits per heavy atom. The smallest absolute Gasteiger partial charge is 0.371 e. The van der Waals surface area contributed by atoms with Crippen molar-refractivity contribution in [2.45, 2.75) is 25.9 Å². The van der Waals surface area contributed by atoms with Crippen molar-refractivity contribution in [3.8, 4) is 0 Å². The summed E-state index contributed by atoms with van der Waals surface area (Å²) in [6.07, 6.45) is -3.98. The fourth-order valence-electron chi connectivity index (χ4n) is 3.36. The number of carbonyl (C=O) groups excluding carboxylic acids is 1. The first-order valence-electron chi connectivity index (χ1n) is 9.00. The van der Waals surface area contributed by atoms with Crippen molar-refractivity contribution in [3.05, 3.63) is 57.8 Å². The number of nitrogens with one attached hydrogen (secondary N) is 1. The largest absolute Gasteiger partial charge is 0.418 e. The van der Waals surface area contributed by atoms with E-state index in [1.54, 1.807) is 25.1 Å². The highest BCUT2D eigenvalue weighted by molar-refractivity contribution is 5.91. The zero-order chi connectivity index (χ0) is 21.2. The number of nitrogens with zero attached hydrogens (tertiary/aromatic N) is 3. The number of nitro benzene ring substituents is 1. The monoisotopic (exact) mass is 408 g/mol. The van der Waals surface area contributed by atoms with Crippen molar-refractivity contribution in [1.29, 1.82) is 0 Å². The van der Waals surface area contributed by atoms with Gasteiger partial charge < -0.3 is 10.2 Å². The normalized spacial score (nSPS) is 15.2. The third kappa shape index (κ3) is 4.82. The second-order valence-electron chi connectivity index (χ2n) is 6.87. The van der Waals surface area contributed by atoms with Crippen LogP contribution in [0.25, 0.3) is 0 Å². The summed E-state index contributed by atoms with van der Waals surface area (Å²) < 4.78 is 40.2. The van der Waals surface area contributed by atoms with Gasteiger partial charge in [0.15, 0.2) is 0 Å². The molecule has 0 bridgehead atoms. The number of amides is 1. The number of alkyl halides is 3. The molecule has 0 spiro atoms. The van der Waals surface area contributed by atoms with Crippen LogP contribution >= 0.6 is 0 Å². The number of aromatic nitrogens is 1. The SMILES string of the molecule is Cc1cccc(NC(=O)C2CCN(c3ccc([N+](=O)[O-])cc3C(F)(F)F)CC2)n1. The van der Waals surface area contributed by atoms with Gasteiger partial charge in [-0.3, -0.25) is 14.9 Å². The first-order chi connectivity index (χ1) is 13.6. The topological polar surface area (TPSA) is 88.4 Å². The Balaban J connectivity index is 1.70. The van der Waals surface area contributed by atoms with E-state index in [4.69, 9.17) is 0 Å². The highest BCUT2D eigenvalue weighted by Gasteiger charge is 2.37. The quantitative estimate of drug-likeness (QED) is 0.606. The van der Waals surface area contributed by atoms with Gasteiger partial charge in [0.1, 0.15) is 5.82 Å². The number of hydrogen-bond donors (Lipinski definition) is 1. The van der Waals surface area contributed by atoms with Crippen molar-refractivity contribution in [3.63, 3.8) is 0 Å². The standard InChI is InChI=1S/C19H19F3N4O3/c1-12-3-2-4-17(23-12)24-18(27)13-7-9-25(10-8-13)16-6-5-14(26(28)29)11-15(16)19(20,21)22/h2-6,11,13H,7-10H2,1H3,(H,23,24,27). The molecule has 1 amide bonds. The van der Waals surface area contributed by atoms with E-state index in [-0.39, 0.29) is 30.6 Å². The van der Waals surface area contributed by atoms with Crippen molar-refractivity contribution < 1.29 is 22.9 Å². The number of halogens is 3. The summed E-state index contributed by atoms with van der Waals surface area (Å²) in [7, 11) is 0. The number of nitro groups is 1. The number of benzene rings is 1. The van der Waals surface area contributed by atoms with Gasteiger partial charge >= 0.3 is 6.18 Å². The molecule has 0 aliphatic carbocycles. The number of rotatable bonds is 4. The summed E-state index contributed by atoms with van der Waals surface area (Å²) in [5.74, 6) is -0.129.